The summed E-state index contributed by atoms with van der Waals surface area (Å²) >= 11 is 0. The minimum atomic E-state index is 0.501. The first-order valence-electron chi connectivity index (χ1n) is 5.25. The number of rotatable bonds is 5. The SMILES string of the molecule is C=CN=C(CC(C)=N)C(/C(C)=C\C)=C(/C)N. The molecule has 0 aromatic carbocycles. The van der Waals surface area contributed by atoms with Crippen molar-refractivity contribution in [3.8, 4) is 0 Å². The largest absolute Gasteiger partial charge is 0.402 e. The fraction of sp³-hybridized carbons (Fsp3) is 0.385. The zero-order valence-corrected chi connectivity index (χ0v) is 10.6. The van der Waals surface area contributed by atoms with Crippen LogP contribution in [0.5, 0.6) is 0 Å². The average molecular weight is 219 g/mol. The maximum Gasteiger partial charge on any atom is 0.0551 e. The Balaban J connectivity index is 5.48. The lowest BCUT2D eigenvalue weighted by molar-refractivity contribution is 1.22. The molecule has 0 radical (unpaired) electrons. The molecule has 0 rings (SSSR count). The Morgan fingerprint density at radius 1 is 1.38 bits per heavy atom. The van der Waals surface area contributed by atoms with E-state index in [1.807, 2.05) is 26.8 Å². The molecule has 0 aliphatic carbocycles. The van der Waals surface area contributed by atoms with E-state index >= 15 is 0 Å². The molecule has 0 bridgehead atoms. The van der Waals surface area contributed by atoms with Crippen LogP contribution in [-0.4, -0.2) is 11.4 Å². The molecule has 3 heteroatoms. The topological polar surface area (TPSA) is 62.2 Å². The third-order valence-corrected chi connectivity index (χ3v) is 2.19. The smallest absolute Gasteiger partial charge is 0.0551 e. The van der Waals surface area contributed by atoms with Gasteiger partial charge in [0.15, 0.2) is 0 Å². The van der Waals surface area contributed by atoms with Crippen molar-refractivity contribution >= 4 is 11.4 Å². The van der Waals surface area contributed by atoms with Crippen LogP contribution >= 0.6 is 0 Å². The monoisotopic (exact) mass is 219 g/mol. The van der Waals surface area contributed by atoms with E-state index in [0.29, 0.717) is 12.1 Å². The van der Waals surface area contributed by atoms with Crippen LogP contribution in [0.3, 0.4) is 0 Å². The standard InChI is InChI=1S/C13H21N3/c1-6-9(3)13(11(5)15)12(16-7-2)8-10(4)14/h6-7,14H,2,8,15H2,1,3-5H3/b9-6-,13-11-,14-10?,16-12?. The van der Waals surface area contributed by atoms with Gasteiger partial charge < -0.3 is 11.1 Å². The molecule has 0 aliphatic rings. The van der Waals surface area contributed by atoms with E-state index in [2.05, 4.69) is 11.6 Å². The third-order valence-electron chi connectivity index (χ3n) is 2.19. The van der Waals surface area contributed by atoms with Gasteiger partial charge in [0.2, 0.25) is 0 Å². The summed E-state index contributed by atoms with van der Waals surface area (Å²) in [4.78, 5) is 4.22. The molecule has 0 aliphatic heterocycles. The first-order valence-corrected chi connectivity index (χ1v) is 5.25. The Morgan fingerprint density at radius 3 is 2.25 bits per heavy atom. The number of nitrogens with zero attached hydrogens (tertiary/aromatic N) is 1. The highest BCUT2D eigenvalue weighted by Crippen LogP contribution is 2.16. The molecule has 0 fully saturated rings. The van der Waals surface area contributed by atoms with Crippen molar-refractivity contribution < 1.29 is 0 Å². The summed E-state index contributed by atoms with van der Waals surface area (Å²) in [5, 5.41) is 7.54. The van der Waals surface area contributed by atoms with Crippen molar-refractivity contribution in [3.05, 3.63) is 35.7 Å². The summed E-state index contributed by atoms with van der Waals surface area (Å²) in [6, 6.07) is 0. The second-order valence-corrected chi connectivity index (χ2v) is 3.75. The Kier molecular flexibility index (Phi) is 6.08. The highest BCUT2D eigenvalue weighted by Gasteiger charge is 2.11. The van der Waals surface area contributed by atoms with Crippen LogP contribution in [0.4, 0.5) is 0 Å². The molecule has 0 heterocycles. The lowest BCUT2D eigenvalue weighted by Gasteiger charge is -2.12. The summed E-state index contributed by atoms with van der Waals surface area (Å²) in [7, 11) is 0. The summed E-state index contributed by atoms with van der Waals surface area (Å²) in [6.45, 7) is 11.1. The van der Waals surface area contributed by atoms with Gasteiger partial charge in [-0.1, -0.05) is 12.7 Å². The van der Waals surface area contributed by atoms with Crippen molar-refractivity contribution in [2.45, 2.75) is 34.1 Å². The van der Waals surface area contributed by atoms with E-state index in [-0.39, 0.29) is 0 Å². The number of hydrogen-bond donors (Lipinski definition) is 2. The van der Waals surface area contributed by atoms with Gasteiger partial charge >= 0.3 is 0 Å². The number of nitrogens with two attached hydrogens (primary N) is 1. The average Bonchev–Trinajstić information content (AvgIpc) is 2.16. The second-order valence-electron chi connectivity index (χ2n) is 3.75. The third kappa shape index (κ3) is 4.26. The summed E-state index contributed by atoms with van der Waals surface area (Å²) in [5.41, 5.74) is 9.95. The van der Waals surface area contributed by atoms with Crippen LogP contribution < -0.4 is 5.73 Å². The van der Waals surface area contributed by atoms with E-state index < -0.39 is 0 Å². The van der Waals surface area contributed by atoms with Crippen LogP contribution in [0.15, 0.2) is 40.7 Å². The number of hydrogen-bond acceptors (Lipinski definition) is 3. The van der Waals surface area contributed by atoms with Gasteiger partial charge in [-0.05, 0) is 33.3 Å². The fourth-order valence-corrected chi connectivity index (χ4v) is 1.47. The predicted molar refractivity (Wildman–Crippen MR) is 72.0 cm³/mol. The molecule has 0 amide bonds. The normalized spacial score (nSPS) is 14.5. The van der Waals surface area contributed by atoms with Crippen molar-refractivity contribution in [1.29, 1.82) is 5.41 Å². The first-order chi connectivity index (χ1) is 7.43. The molecule has 0 saturated carbocycles. The Hall–Kier alpha value is -1.64. The molecule has 0 unspecified atom stereocenters. The van der Waals surface area contributed by atoms with Crippen LogP contribution in [0.1, 0.15) is 34.1 Å². The number of allylic oxidation sites excluding steroid dienone is 4. The van der Waals surface area contributed by atoms with Crippen molar-refractivity contribution in [2.75, 3.05) is 0 Å². The van der Waals surface area contributed by atoms with Crippen LogP contribution in [0.25, 0.3) is 0 Å². The zero-order valence-electron chi connectivity index (χ0n) is 10.6. The van der Waals surface area contributed by atoms with E-state index in [9.17, 15) is 0 Å². The molecule has 3 nitrogen and oxygen atoms in total. The molecule has 0 aromatic rings. The highest BCUT2D eigenvalue weighted by molar-refractivity contribution is 6.13. The molecule has 0 spiro atoms. The van der Waals surface area contributed by atoms with Crippen molar-refractivity contribution in [3.63, 3.8) is 0 Å². The minimum absolute atomic E-state index is 0.501. The summed E-state index contributed by atoms with van der Waals surface area (Å²) < 4.78 is 0. The Bertz CT molecular complexity index is 367. The van der Waals surface area contributed by atoms with Crippen molar-refractivity contribution in [2.24, 2.45) is 10.7 Å². The van der Waals surface area contributed by atoms with E-state index in [4.69, 9.17) is 11.1 Å². The Morgan fingerprint density at radius 2 is 1.94 bits per heavy atom. The van der Waals surface area contributed by atoms with Gasteiger partial charge in [-0.2, -0.15) is 0 Å². The second kappa shape index (κ2) is 6.77. The number of aliphatic imine (C=N–C) groups is 1. The molecule has 16 heavy (non-hydrogen) atoms. The lowest BCUT2D eigenvalue weighted by atomic mass is 9.96. The number of nitrogens with one attached hydrogen (secondary N) is 1. The van der Waals surface area contributed by atoms with Gasteiger partial charge in [0, 0.05) is 29.6 Å². The lowest BCUT2D eigenvalue weighted by Crippen LogP contribution is -2.13. The van der Waals surface area contributed by atoms with Gasteiger partial charge in [0.05, 0.1) is 5.71 Å². The fourth-order valence-electron chi connectivity index (χ4n) is 1.47. The summed E-state index contributed by atoms with van der Waals surface area (Å²) in [5.74, 6) is 0. The van der Waals surface area contributed by atoms with Gasteiger partial charge in [0.1, 0.15) is 0 Å². The van der Waals surface area contributed by atoms with Gasteiger partial charge in [-0.3, -0.25) is 4.99 Å². The minimum Gasteiger partial charge on any atom is -0.402 e. The van der Waals surface area contributed by atoms with Gasteiger partial charge in [-0.15, -0.1) is 0 Å². The Labute approximate surface area is 98.0 Å². The first kappa shape index (κ1) is 14.4. The molecular weight excluding hydrogens is 198 g/mol. The quantitative estimate of drug-likeness (QED) is 0.541. The molecule has 0 saturated heterocycles. The van der Waals surface area contributed by atoms with Gasteiger partial charge in [-0.25, -0.2) is 0 Å². The van der Waals surface area contributed by atoms with Crippen LogP contribution in [0.2, 0.25) is 0 Å². The zero-order chi connectivity index (χ0) is 12.7. The molecular formula is C13H21N3. The molecule has 88 valence electrons. The van der Waals surface area contributed by atoms with Crippen LogP contribution in [-0.2, 0) is 0 Å². The maximum absolute atomic E-state index is 7.54. The molecule has 0 atom stereocenters. The highest BCUT2D eigenvalue weighted by atomic mass is 14.7. The molecule has 3 N–H and O–H groups in total. The van der Waals surface area contributed by atoms with Crippen molar-refractivity contribution in [1.82, 2.24) is 0 Å². The van der Waals surface area contributed by atoms with E-state index in [1.165, 1.54) is 6.20 Å². The van der Waals surface area contributed by atoms with E-state index in [0.717, 1.165) is 22.6 Å². The summed E-state index contributed by atoms with van der Waals surface area (Å²) in [6.07, 6.45) is 3.98. The maximum atomic E-state index is 7.54. The van der Waals surface area contributed by atoms with Crippen LogP contribution in [0, 0.1) is 5.41 Å². The predicted octanol–water partition coefficient (Wildman–Crippen LogP) is 3.20. The van der Waals surface area contributed by atoms with Gasteiger partial charge in [0.25, 0.3) is 0 Å². The molecule has 0 aromatic heterocycles. The van der Waals surface area contributed by atoms with E-state index in [1.54, 1.807) is 6.92 Å².